The van der Waals surface area contributed by atoms with Crippen LogP contribution in [0.3, 0.4) is 0 Å². The molecular formula is C24H27N5O4. The fraction of sp³-hybridized carbons (Fsp3) is 0.417. The second kappa shape index (κ2) is 8.71. The average molecular weight is 450 g/mol. The van der Waals surface area contributed by atoms with Crippen LogP contribution in [0.25, 0.3) is 10.9 Å². The van der Waals surface area contributed by atoms with Gasteiger partial charge in [-0.05, 0) is 51.8 Å². The molecule has 2 N–H and O–H groups in total. The summed E-state index contributed by atoms with van der Waals surface area (Å²) in [7, 11) is 0. The zero-order valence-electron chi connectivity index (χ0n) is 18.9. The van der Waals surface area contributed by atoms with Gasteiger partial charge < -0.3 is 19.8 Å². The van der Waals surface area contributed by atoms with E-state index < -0.39 is 23.2 Å². The summed E-state index contributed by atoms with van der Waals surface area (Å²) in [5.41, 5.74) is -0.347. The standard InChI is InChI=1S/C24H27N5O4/c1-23(2,3)33-22(31)18-9-11-24(12-13-25,15-32-18)29-17-10-14-26-21(30)19(17)20(28-29)27-16-7-5-4-6-8-16/h4-8,10,14,18H,9,11-12,15H2,1-3H3,(H,26,30)(H,27,28). The summed E-state index contributed by atoms with van der Waals surface area (Å²) in [5.74, 6) is -0.0223. The van der Waals surface area contributed by atoms with Gasteiger partial charge in [0.2, 0.25) is 0 Å². The SMILES string of the molecule is CC(C)(C)OC(=O)C1CCC(CC#N)(n2nc(Nc3ccccc3)c3c(=O)[nH]ccc32)CO1. The topological polar surface area (TPSA) is 122 Å². The van der Waals surface area contributed by atoms with Crippen LogP contribution in [0.5, 0.6) is 0 Å². The van der Waals surface area contributed by atoms with E-state index in [1.807, 2.05) is 51.1 Å². The first-order valence-corrected chi connectivity index (χ1v) is 10.9. The molecule has 9 nitrogen and oxygen atoms in total. The van der Waals surface area contributed by atoms with Gasteiger partial charge in [-0.1, -0.05) is 18.2 Å². The number of nitrogens with zero attached hydrogens (tertiary/aromatic N) is 3. The molecule has 1 saturated heterocycles. The van der Waals surface area contributed by atoms with E-state index in [2.05, 4.69) is 16.4 Å². The number of ether oxygens (including phenoxy) is 2. The number of aromatic nitrogens is 3. The predicted octanol–water partition coefficient (Wildman–Crippen LogP) is 3.60. The van der Waals surface area contributed by atoms with Crippen molar-refractivity contribution in [3.05, 3.63) is 52.9 Å². The molecule has 2 atom stereocenters. The molecule has 2 aromatic heterocycles. The number of anilines is 2. The molecule has 3 aromatic rings. The molecule has 0 aliphatic carbocycles. The van der Waals surface area contributed by atoms with Crippen LogP contribution in [0.4, 0.5) is 11.5 Å². The van der Waals surface area contributed by atoms with Gasteiger partial charge in [0, 0.05) is 11.9 Å². The maximum absolute atomic E-state index is 12.7. The van der Waals surface area contributed by atoms with Gasteiger partial charge in [-0.3, -0.25) is 9.48 Å². The summed E-state index contributed by atoms with van der Waals surface area (Å²) < 4.78 is 13.1. The van der Waals surface area contributed by atoms with Crippen molar-refractivity contribution in [3.8, 4) is 6.07 Å². The molecule has 1 aliphatic rings. The molecule has 4 rings (SSSR count). The first-order valence-electron chi connectivity index (χ1n) is 10.9. The number of hydrogen-bond donors (Lipinski definition) is 2. The first-order chi connectivity index (χ1) is 15.7. The quantitative estimate of drug-likeness (QED) is 0.571. The van der Waals surface area contributed by atoms with Crippen LogP contribution >= 0.6 is 0 Å². The Morgan fingerprint density at radius 2 is 2.12 bits per heavy atom. The average Bonchev–Trinajstić information content (AvgIpc) is 3.14. The maximum Gasteiger partial charge on any atom is 0.335 e. The van der Waals surface area contributed by atoms with Crippen molar-refractivity contribution in [1.29, 1.82) is 5.26 Å². The molecule has 1 aliphatic heterocycles. The Labute approximate surface area is 191 Å². The lowest BCUT2D eigenvalue weighted by atomic mass is 9.87. The van der Waals surface area contributed by atoms with E-state index in [0.29, 0.717) is 29.6 Å². The van der Waals surface area contributed by atoms with Crippen molar-refractivity contribution < 1.29 is 14.3 Å². The van der Waals surface area contributed by atoms with Gasteiger partial charge in [0.25, 0.3) is 5.56 Å². The molecule has 0 radical (unpaired) electrons. The van der Waals surface area contributed by atoms with Crippen LogP contribution in [-0.2, 0) is 19.8 Å². The van der Waals surface area contributed by atoms with Crippen LogP contribution in [0.15, 0.2) is 47.4 Å². The summed E-state index contributed by atoms with van der Waals surface area (Å²) in [6.07, 6.45) is 1.81. The summed E-state index contributed by atoms with van der Waals surface area (Å²) in [6, 6.07) is 13.4. The molecule has 172 valence electrons. The predicted molar refractivity (Wildman–Crippen MR) is 123 cm³/mol. The number of nitrogens with one attached hydrogen (secondary N) is 2. The highest BCUT2D eigenvalue weighted by atomic mass is 16.6. The first kappa shape index (κ1) is 22.6. The number of nitriles is 1. The lowest BCUT2D eigenvalue weighted by Gasteiger charge is -2.39. The van der Waals surface area contributed by atoms with Gasteiger partial charge in [0.1, 0.15) is 11.0 Å². The summed E-state index contributed by atoms with van der Waals surface area (Å²) in [6.45, 7) is 5.52. The Morgan fingerprint density at radius 3 is 2.76 bits per heavy atom. The lowest BCUT2D eigenvalue weighted by molar-refractivity contribution is -0.176. The molecule has 0 saturated carbocycles. The summed E-state index contributed by atoms with van der Waals surface area (Å²) >= 11 is 0. The fourth-order valence-electron chi connectivity index (χ4n) is 4.08. The van der Waals surface area contributed by atoms with Crippen molar-refractivity contribution in [1.82, 2.24) is 14.8 Å². The highest BCUT2D eigenvalue weighted by molar-refractivity contribution is 5.91. The van der Waals surface area contributed by atoms with Crippen molar-refractivity contribution in [2.45, 2.75) is 57.3 Å². The van der Waals surface area contributed by atoms with Crippen molar-refractivity contribution in [2.24, 2.45) is 0 Å². The molecule has 33 heavy (non-hydrogen) atoms. The highest BCUT2D eigenvalue weighted by Gasteiger charge is 2.43. The molecule has 1 aromatic carbocycles. The number of rotatable bonds is 5. The number of benzene rings is 1. The van der Waals surface area contributed by atoms with Gasteiger partial charge in [0.05, 0.1) is 30.2 Å². The Kier molecular flexibility index (Phi) is 5.95. The Morgan fingerprint density at radius 1 is 1.36 bits per heavy atom. The van der Waals surface area contributed by atoms with Crippen molar-refractivity contribution in [3.63, 3.8) is 0 Å². The Balaban J connectivity index is 1.70. The van der Waals surface area contributed by atoms with Crippen LogP contribution in [0, 0.1) is 11.3 Å². The number of carbonyl (C=O) groups excluding carboxylic acids is 1. The molecule has 3 heterocycles. The molecule has 0 spiro atoms. The normalized spacial score (nSPS) is 20.8. The van der Waals surface area contributed by atoms with Crippen LogP contribution < -0.4 is 10.9 Å². The van der Waals surface area contributed by atoms with E-state index in [1.54, 1.807) is 16.9 Å². The van der Waals surface area contributed by atoms with Crippen LogP contribution in [0.2, 0.25) is 0 Å². The minimum absolute atomic E-state index is 0.0961. The third-order valence-electron chi connectivity index (χ3n) is 5.59. The molecular weight excluding hydrogens is 422 g/mol. The molecule has 2 unspecified atom stereocenters. The van der Waals surface area contributed by atoms with Gasteiger partial charge in [-0.2, -0.15) is 10.4 Å². The largest absolute Gasteiger partial charge is 0.458 e. The molecule has 1 fully saturated rings. The van der Waals surface area contributed by atoms with E-state index in [-0.39, 0.29) is 18.6 Å². The zero-order chi connectivity index (χ0) is 23.6. The maximum atomic E-state index is 12.7. The van der Waals surface area contributed by atoms with Crippen molar-refractivity contribution in [2.75, 3.05) is 11.9 Å². The number of aromatic amines is 1. The fourth-order valence-corrected chi connectivity index (χ4v) is 4.08. The Bertz CT molecular complexity index is 1240. The number of hydrogen-bond acceptors (Lipinski definition) is 7. The zero-order valence-corrected chi connectivity index (χ0v) is 18.9. The second-order valence-corrected chi connectivity index (χ2v) is 9.25. The number of pyridine rings is 1. The second-order valence-electron chi connectivity index (χ2n) is 9.25. The van der Waals surface area contributed by atoms with Crippen LogP contribution in [0.1, 0.15) is 40.0 Å². The lowest BCUT2D eigenvalue weighted by Crippen LogP contribution is -2.47. The minimum atomic E-state index is -0.823. The summed E-state index contributed by atoms with van der Waals surface area (Å²) in [5, 5.41) is 18.0. The third kappa shape index (κ3) is 4.61. The summed E-state index contributed by atoms with van der Waals surface area (Å²) in [4.78, 5) is 27.9. The molecule has 0 amide bonds. The van der Waals surface area contributed by atoms with Crippen molar-refractivity contribution >= 4 is 28.4 Å². The van der Waals surface area contributed by atoms with E-state index in [4.69, 9.17) is 14.6 Å². The minimum Gasteiger partial charge on any atom is -0.458 e. The van der Waals surface area contributed by atoms with Gasteiger partial charge in [-0.25, -0.2) is 4.79 Å². The van der Waals surface area contributed by atoms with Crippen LogP contribution in [-0.4, -0.2) is 39.0 Å². The van der Waals surface area contributed by atoms with E-state index in [1.165, 1.54) is 0 Å². The highest BCUT2D eigenvalue weighted by Crippen LogP contribution is 2.37. The van der Waals surface area contributed by atoms with Gasteiger partial charge >= 0.3 is 5.97 Å². The number of esters is 1. The number of H-pyrrole nitrogens is 1. The van der Waals surface area contributed by atoms with Gasteiger partial charge in [0.15, 0.2) is 11.9 Å². The number of fused-ring (bicyclic) bond motifs is 1. The Hall–Kier alpha value is -3.64. The van der Waals surface area contributed by atoms with Gasteiger partial charge in [-0.15, -0.1) is 0 Å². The third-order valence-corrected chi connectivity index (χ3v) is 5.59. The number of carbonyl (C=O) groups is 1. The van der Waals surface area contributed by atoms with E-state index >= 15 is 0 Å². The van der Waals surface area contributed by atoms with E-state index in [9.17, 15) is 14.9 Å². The number of para-hydroxylation sites is 1. The van der Waals surface area contributed by atoms with E-state index in [0.717, 1.165) is 5.69 Å². The molecule has 9 heteroatoms. The monoisotopic (exact) mass is 449 g/mol. The smallest absolute Gasteiger partial charge is 0.335 e. The molecule has 0 bridgehead atoms.